The van der Waals surface area contributed by atoms with Crippen molar-refractivity contribution in [2.75, 3.05) is 26.8 Å². The van der Waals surface area contributed by atoms with Crippen LogP contribution in [0.15, 0.2) is 11.6 Å². The summed E-state index contributed by atoms with van der Waals surface area (Å²) >= 11 is 0. The molecule has 0 fully saturated rings. The monoisotopic (exact) mass is 301 g/mol. The van der Waals surface area contributed by atoms with Crippen molar-refractivity contribution in [1.82, 2.24) is 15.5 Å². The van der Waals surface area contributed by atoms with Crippen LogP contribution in [0.2, 0.25) is 0 Å². The highest BCUT2D eigenvalue weighted by molar-refractivity contribution is 5.93. The predicted molar refractivity (Wildman–Crippen MR) is 78.2 cm³/mol. The van der Waals surface area contributed by atoms with Gasteiger partial charge in [-0.15, -0.1) is 0 Å². The standard InChI is InChI=1S/C14H24FN3O3/c1-10(2)12(18(4)13(20)8-16-9-19)7-11(3)14(21)17-6-5-15/h7,9-10,12H,5-6,8H2,1-4H3,(H,16,19)(H,17,21)/t12-/m1/s1. The normalized spacial score (nSPS) is 12.8. The van der Waals surface area contributed by atoms with Gasteiger partial charge in [0.25, 0.3) is 0 Å². The molecule has 0 bridgehead atoms. The summed E-state index contributed by atoms with van der Waals surface area (Å²) in [5, 5.41) is 4.75. The molecule has 21 heavy (non-hydrogen) atoms. The third-order valence-electron chi connectivity index (χ3n) is 3.02. The predicted octanol–water partition coefficient (Wildman–Crippen LogP) is 0.247. The SMILES string of the molecule is CC(=C[C@H](C(C)C)N(C)C(=O)CNC=O)C(=O)NCCF. The first-order valence-electron chi connectivity index (χ1n) is 6.80. The summed E-state index contributed by atoms with van der Waals surface area (Å²) in [6.45, 7) is 4.71. The maximum Gasteiger partial charge on any atom is 0.246 e. The van der Waals surface area contributed by atoms with E-state index in [1.54, 1.807) is 20.0 Å². The van der Waals surface area contributed by atoms with Crippen molar-refractivity contribution in [2.45, 2.75) is 26.8 Å². The Bertz CT molecular complexity index is 397. The van der Waals surface area contributed by atoms with Crippen LogP contribution in [-0.4, -0.2) is 56.0 Å². The van der Waals surface area contributed by atoms with E-state index < -0.39 is 6.67 Å². The maximum absolute atomic E-state index is 12.0. The van der Waals surface area contributed by atoms with Gasteiger partial charge in [0.1, 0.15) is 6.67 Å². The van der Waals surface area contributed by atoms with E-state index >= 15 is 0 Å². The average molecular weight is 301 g/mol. The third kappa shape index (κ3) is 6.87. The number of rotatable bonds is 9. The van der Waals surface area contributed by atoms with E-state index in [4.69, 9.17) is 0 Å². The van der Waals surface area contributed by atoms with Crippen LogP contribution in [0.5, 0.6) is 0 Å². The number of carbonyl (C=O) groups excluding carboxylic acids is 3. The molecule has 7 heteroatoms. The van der Waals surface area contributed by atoms with E-state index in [-0.39, 0.29) is 36.9 Å². The van der Waals surface area contributed by atoms with Gasteiger partial charge in [-0.2, -0.15) is 0 Å². The molecule has 0 aliphatic rings. The molecule has 2 N–H and O–H groups in total. The topological polar surface area (TPSA) is 78.5 Å². The van der Waals surface area contributed by atoms with Gasteiger partial charge in [-0.25, -0.2) is 4.39 Å². The minimum absolute atomic E-state index is 0.0334. The highest BCUT2D eigenvalue weighted by atomic mass is 19.1. The van der Waals surface area contributed by atoms with E-state index in [1.165, 1.54) is 4.90 Å². The fraction of sp³-hybridized carbons (Fsp3) is 0.643. The number of nitrogens with zero attached hydrogens (tertiary/aromatic N) is 1. The molecule has 0 spiro atoms. The van der Waals surface area contributed by atoms with Gasteiger partial charge in [-0.1, -0.05) is 19.9 Å². The second-order valence-corrected chi connectivity index (χ2v) is 5.03. The van der Waals surface area contributed by atoms with E-state index in [0.29, 0.717) is 12.0 Å². The summed E-state index contributed by atoms with van der Waals surface area (Å²) in [7, 11) is 1.61. The van der Waals surface area contributed by atoms with E-state index in [1.807, 2.05) is 13.8 Å². The molecule has 6 nitrogen and oxygen atoms in total. The molecule has 0 aromatic carbocycles. The molecule has 0 radical (unpaired) electrons. The van der Waals surface area contributed by atoms with Crippen molar-refractivity contribution in [1.29, 1.82) is 0 Å². The molecule has 0 saturated carbocycles. The molecule has 0 rings (SSSR count). The zero-order chi connectivity index (χ0) is 16.4. The Kier molecular flexibility index (Phi) is 9.00. The zero-order valence-corrected chi connectivity index (χ0v) is 13.0. The summed E-state index contributed by atoms with van der Waals surface area (Å²) < 4.78 is 12.0. The van der Waals surface area contributed by atoms with Crippen molar-refractivity contribution in [3.05, 3.63) is 11.6 Å². The van der Waals surface area contributed by atoms with Crippen molar-refractivity contribution in [3.8, 4) is 0 Å². The lowest BCUT2D eigenvalue weighted by Crippen LogP contribution is -2.43. The van der Waals surface area contributed by atoms with E-state index in [2.05, 4.69) is 10.6 Å². The number of likely N-dealkylation sites (N-methyl/N-ethyl adjacent to an activating group) is 1. The minimum Gasteiger partial charge on any atom is -0.350 e. The highest BCUT2D eigenvalue weighted by Crippen LogP contribution is 2.13. The van der Waals surface area contributed by atoms with Crippen LogP contribution < -0.4 is 10.6 Å². The van der Waals surface area contributed by atoms with Gasteiger partial charge in [0.05, 0.1) is 12.6 Å². The van der Waals surface area contributed by atoms with Crippen LogP contribution in [-0.2, 0) is 14.4 Å². The largest absolute Gasteiger partial charge is 0.350 e. The molecule has 1 atom stereocenters. The number of carbonyl (C=O) groups is 3. The number of nitrogens with one attached hydrogen (secondary N) is 2. The van der Waals surface area contributed by atoms with Gasteiger partial charge in [0.2, 0.25) is 18.2 Å². The molecule has 0 saturated heterocycles. The summed E-state index contributed by atoms with van der Waals surface area (Å²) in [5.74, 6) is -0.529. The Morgan fingerprint density at radius 3 is 2.43 bits per heavy atom. The second-order valence-electron chi connectivity index (χ2n) is 5.03. The maximum atomic E-state index is 12.0. The number of hydrogen-bond acceptors (Lipinski definition) is 3. The van der Waals surface area contributed by atoms with Crippen molar-refractivity contribution >= 4 is 18.2 Å². The van der Waals surface area contributed by atoms with Gasteiger partial charge in [-0.3, -0.25) is 14.4 Å². The first-order valence-corrected chi connectivity index (χ1v) is 6.80. The highest BCUT2D eigenvalue weighted by Gasteiger charge is 2.21. The lowest BCUT2D eigenvalue weighted by Gasteiger charge is -2.29. The molecular weight excluding hydrogens is 277 g/mol. The van der Waals surface area contributed by atoms with Gasteiger partial charge >= 0.3 is 0 Å². The molecule has 0 aliphatic heterocycles. The van der Waals surface area contributed by atoms with Crippen LogP contribution in [0.1, 0.15) is 20.8 Å². The first kappa shape index (κ1) is 19.1. The molecule has 0 unspecified atom stereocenters. The Morgan fingerprint density at radius 2 is 1.95 bits per heavy atom. The van der Waals surface area contributed by atoms with Crippen LogP contribution in [0, 0.1) is 5.92 Å². The fourth-order valence-corrected chi connectivity index (χ4v) is 1.80. The van der Waals surface area contributed by atoms with Crippen molar-refractivity contribution < 1.29 is 18.8 Å². The molecule has 120 valence electrons. The number of alkyl halides is 1. The minimum atomic E-state index is -0.623. The Balaban J connectivity index is 4.92. The third-order valence-corrected chi connectivity index (χ3v) is 3.02. The Hall–Kier alpha value is -1.92. The smallest absolute Gasteiger partial charge is 0.246 e. The summed E-state index contributed by atoms with van der Waals surface area (Å²) in [6, 6.07) is -0.290. The lowest BCUT2D eigenvalue weighted by molar-refractivity contribution is -0.132. The number of amides is 3. The van der Waals surface area contributed by atoms with Crippen LogP contribution in [0.25, 0.3) is 0 Å². The first-order chi connectivity index (χ1) is 9.84. The van der Waals surface area contributed by atoms with Gasteiger partial charge in [-0.05, 0) is 12.8 Å². The van der Waals surface area contributed by atoms with E-state index in [9.17, 15) is 18.8 Å². The number of halogens is 1. The molecule has 3 amide bonds. The molecular formula is C14H24FN3O3. The van der Waals surface area contributed by atoms with Gasteiger partial charge < -0.3 is 15.5 Å². The molecule has 0 aromatic rings. The summed E-state index contributed by atoms with van der Waals surface area (Å²) in [5.41, 5.74) is 0.421. The lowest BCUT2D eigenvalue weighted by atomic mass is 10.00. The van der Waals surface area contributed by atoms with Gasteiger partial charge in [0, 0.05) is 19.2 Å². The van der Waals surface area contributed by atoms with E-state index in [0.717, 1.165) is 0 Å². The van der Waals surface area contributed by atoms with Crippen molar-refractivity contribution in [3.63, 3.8) is 0 Å². The molecule has 0 aliphatic carbocycles. The number of hydrogen-bond donors (Lipinski definition) is 2. The second kappa shape index (κ2) is 9.90. The molecule has 0 heterocycles. The molecule has 0 aromatic heterocycles. The quantitative estimate of drug-likeness (QED) is 0.473. The van der Waals surface area contributed by atoms with Crippen LogP contribution in [0.3, 0.4) is 0 Å². The Morgan fingerprint density at radius 1 is 1.33 bits per heavy atom. The summed E-state index contributed by atoms with van der Waals surface area (Å²) in [6.07, 6.45) is 2.14. The van der Waals surface area contributed by atoms with Crippen LogP contribution >= 0.6 is 0 Å². The van der Waals surface area contributed by atoms with Gasteiger partial charge in [0.15, 0.2) is 0 Å². The summed E-state index contributed by atoms with van der Waals surface area (Å²) in [4.78, 5) is 35.3. The Labute approximate surface area is 124 Å². The zero-order valence-electron chi connectivity index (χ0n) is 13.0. The van der Waals surface area contributed by atoms with Crippen LogP contribution in [0.4, 0.5) is 4.39 Å². The fourth-order valence-electron chi connectivity index (χ4n) is 1.80. The average Bonchev–Trinajstić information content (AvgIpc) is 2.46. The van der Waals surface area contributed by atoms with Crippen molar-refractivity contribution in [2.24, 2.45) is 5.92 Å².